The molecular formula is C6H13N3O2. The summed E-state index contributed by atoms with van der Waals surface area (Å²) in [5, 5.41) is 4.81. The Kier molecular flexibility index (Phi) is 4.21. The summed E-state index contributed by atoms with van der Waals surface area (Å²) in [7, 11) is 1.50. The van der Waals surface area contributed by atoms with Crippen LogP contribution in [0.2, 0.25) is 0 Å². The van der Waals surface area contributed by atoms with Crippen LogP contribution in [0.4, 0.5) is 0 Å². The Morgan fingerprint density at radius 2 is 2.09 bits per heavy atom. The van der Waals surface area contributed by atoms with Gasteiger partial charge in [-0.1, -0.05) is 0 Å². The summed E-state index contributed by atoms with van der Waals surface area (Å²) in [5.41, 5.74) is 5.35. The molecule has 0 aromatic carbocycles. The quantitative estimate of drug-likeness (QED) is 0.454. The van der Waals surface area contributed by atoms with E-state index in [0.717, 1.165) is 0 Å². The largest absolute Gasteiger partial charge is 0.358 e. The monoisotopic (exact) mass is 159 g/mol. The van der Waals surface area contributed by atoms with Crippen molar-refractivity contribution in [3.63, 3.8) is 0 Å². The fraction of sp³-hybridized carbons (Fsp3) is 0.667. The summed E-state index contributed by atoms with van der Waals surface area (Å²) in [6.45, 7) is 1.55. The fourth-order valence-electron chi connectivity index (χ4n) is 0.532. The minimum absolute atomic E-state index is 0.176. The van der Waals surface area contributed by atoms with Crippen molar-refractivity contribution >= 4 is 11.8 Å². The number of hydrogen-bond donors (Lipinski definition) is 3. The average molecular weight is 159 g/mol. The molecule has 0 aromatic rings. The van der Waals surface area contributed by atoms with Gasteiger partial charge >= 0.3 is 0 Å². The highest BCUT2D eigenvalue weighted by molar-refractivity contribution is 5.82. The molecule has 0 fully saturated rings. The van der Waals surface area contributed by atoms with Crippen molar-refractivity contribution in [2.45, 2.75) is 13.0 Å². The van der Waals surface area contributed by atoms with Crippen molar-refractivity contribution in [3.05, 3.63) is 0 Å². The average Bonchev–Trinajstić information content (AvgIpc) is 1.98. The smallest absolute Gasteiger partial charge is 0.238 e. The van der Waals surface area contributed by atoms with Crippen LogP contribution in [0.15, 0.2) is 0 Å². The summed E-state index contributed by atoms with van der Waals surface area (Å²) in [6.07, 6.45) is 0. The summed E-state index contributed by atoms with van der Waals surface area (Å²) in [4.78, 5) is 21.1. The van der Waals surface area contributed by atoms with Crippen LogP contribution in [0.1, 0.15) is 6.92 Å². The predicted octanol–water partition coefficient (Wildman–Crippen LogP) is -1.80. The highest BCUT2D eigenvalue weighted by atomic mass is 16.2. The van der Waals surface area contributed by atoms with E-state index in [1.165, 1.54) is 14.0 Å². The zero-order chi connectivity index (χ0) is 8.85. The number of amides is 2. The van der Waals surface area contributed by atoms with E-state index in [0.29, 0.717) is 0 Å². The second-order valence-corrected chi connectivity index (χ2v) is 2.16. The van der Waals surface area contributed by atoms with Gasteiger partial charge in [-0.3, -0.25) is 9.59 Å². The van der Waals surface area contributed by atoms with Crippen molar-refractivity contribution < 1.29 is 9.59 Å². The second-order valence-electron chi connectivity index (χ2n) is 2.16. The fourth-order valence-corrected chi connectivity index (χ4v) is 0.532. The van der Waals surface area contributed by atoms with Gasteiger partial charge < -0.3 is 16.4 Å². The molecule has 0 aliphatic carbocycles. The van der Waals surface area contributed by atoms with Crippen molar-refractivity contribution in [3.8, 4) is 0 Å². The number of nitrogens with one attached hydrogen (secondary N) is 2. The maximum atomic E-state index is 10.7. The van der Waals surface area contributed by atoms with E-state index in [1.807, 2.05) is 0 Å². The Hall–Kier alpha value is -1.10. The molecule has 0 aliphatic heterocycles. The number of hydrogen-bond acceptors (Lipinski definition) is 3. The maximum Gasteiger partial charge on any atom is 0.238 e. The normalized spacial score (nSPS) is 11.9. The molecule has 0 heterocycles. The van der Waals surface area contributed by atoms with Gasteiger partial charge in [-0.15, -0.1) is 0 Å². The Morgan fingerprint density at radius 1 is 1.55 bits per heavy atom. The molecule has 0 rings (SSSR count). The zero-order valence-electron chi connectivity index (χ0n) is 6.68. The molecule has 0 radical (unpaired) electrons. The Balaban J connectivity index is 3.60. The maximum absolute atomic E-state index is 10.7. The number of nitrogens with two attached hydrogens (primary N) is 1. The molecule has 5 heteroatoms. The van der Waals surface area contributed by atoms with Gasteiger partial charge in [-0.2, -0.15) is 0 Å². The highest BCUT2D eigenvalue weighted by Gasteiger charge is 2.10. The molecule has 64 valence electrons. The summed E-state index contributed by atoms with van der Waals surface area (Å²) < 4.78 is 0. The van der Waals surface area contributed by atoms with E-state index in [-0.39, 0.29) is 18.4 Å². The highest BCUT2D eigenvalue weighted by Crippen LogP contribution is 1.74. The lowest BCUT2D eigenvalue weighted by molar-refractivity contribution is -0.122. The van der Waals surface area contributed by atoms with Gasteiger partial charge in [0.25, 0.3) is 0 Å². The van der Waals surface area contributed by atoms with E-state index in [2.05, 4.69) is 10.6 Å². The second kappa shape index (κ2) is 4.68. The van der Waals surface area contributed by atoms with Gasteiger partial charge in [0, 0.05) is 20.5 Å². The summed E-state index contributed by atoms with van der Waals surface area (Å²) in [6, 6.07) is -0.663. The van der Waals surface area contributed by atoms with E-state index in [9.17, 15) is 9.59 Å². The molecule has 0 spiro atoms. The molecule has 0 aliphatic rings. The molecule has 0 aromatic heterocycles. The topological polar surface area (TPSA) is 84.2 Å². The third kappa shape index (κ3) is 4.32. The van der Waals surface area contributed by atoms with Crippen LogP contribution in [0.25, 0.3) is 0 Å². The first-order chi connectivity index (χ1) is 5.07. The van der Waals surface area contributed by atoms with E-state index >= 15 is 0 Å². The molecule has 2 amide bonds. The number of carbonyl (C=O) groups is 2. The van der Waals surface area contributed by atoms with Gasteiger partial charge in [0.1, 0.15) is 6.04 Å². The lowest BCUT2D eigenvalue weighted by atomic mass is 10.3. The number of rotatable bonds is 3. The lowest BCUT2D eigenvalue weighted by Crippen LogP contribution is -2.46. The standard InChI is InChI=1S/C6H13N3O2/c1-4(10)9-3-5(7)6(11)8-2/h5H,3,7H2,1-2H3,(H,8,11)(H,9,10). The number of likely N-dealkylation sites (N-methyl/N-ethyl adjacent to an activating group) is 1. The zero-order valence-corrected chi connectivity index (χ0v) is 6.68. The third-order valence-electron chi connectivity index (χ3n) is 1.15. The van der Waals surface area contributed by atoms with Crippen molar-refractivity contribution in [2.24, 2.45) is 5.73 Å². The number of carbonyl (C=O) groups excluding carboxylic acids is 2. The van der Waals surface area contributed by atoms with Gasteiger partial charge in [0.05, 0.1) is 0 Å². The van der Waals surface area contributed by atoms with E-state index in [1.54, 1.807) is 0 Å². The van der Waals surface area contributed by atoms with Crippen molar-refractivity contribution in [2.75, 3.05) is 13.6 Å². The van der Waals surface area contributed by atoms with Gasteiger partial charge in [-0.05, 0) is 0 Å². The molecular weight excluding hydrogens is 146 g/mol. The van der Waals surface area contributed by atoms with Crippen LogP contribution in [0.5, 0.6) is 0 Å². The van der Waals surface area contributed by atoms with E-state index < -0.39 is 6.04 Å². The minimum atomic E-state index is -0.663. The van der Waals surface area contributed by atoms with Crippen molar-refractivity contribution in [1.29, 1.82) is 0 Å². The van der Waals surface area contributed by atoms with Crippen LogP contribution in [-0.2, 0) is 9.59 Å². The Labute approximate surface area is 65.3 Å². The Morgan fingerprint density at radius 3 is 2.45 bits per heavy atom. The van der Waals surface area contributed by atoms with Gasteiger partial charge in [-0.25, -0.2) is 0 Å². The Bertz CT molecular complexity index is 158. The van der Waals surface area contributed by atoms with Crippen LogP contribution < -0.4 is 16.4 Å². The molecule has 4 N–H and O–H groups in total. The van der Waals surface area contributed by atoms with Crippen molar-refractivity contribution in [1.82, 2.24) is 10.6 Å². The molecule has 0 bridgehead atoms. The first-order valence-corrected chi connectivity index (χ1v) is 3.29. The summed E-state index contributed by atoms with van der Waals surface area (Å²) >= 11 is 0. The van der Waals surface area contributed by atoms with Crippen LogP contribution >= 0.6 is 0 Å². The molecule has 5 nitrogen and oxygen atoms in total. The molecule has 1 atom stereocenters. The lowest BCUT2D eigenvalue weighted by Gasteiger charge is -2.09. The van der Waals surface area contributed by atoms with Crippen LogP contribution in [0, 0.1) is 0 Å². The molecule has 0 saturated carbocycles. The SMILES string of the molecule is CNC(=O)C(N)CNC(C)=O. The van der Waals surface area contributed by atoms with Gasteiger partial charge in [0.2, 0.25) is 11.8 Å². The third-order valence-corrected chi connectivity index (χ3v) is 1.15. The first-order valence-electron chi connectivity index (χ1n) is 3.29. The predicted molar refractivity (Wildman–Crippen MR) is 40.7 cm³/mol. The molecule has 1 unspecified atom stereocenters. The molecule has 0 saturated heterocycles. The minimum Gasteiger partial charge on any atom is -0.358 e. The first kappa shape index (κ1) is 9.90. The van der Waals surface area contributed by atoms with Crippen LogP contribution in [-0.4, -0.2) is 31.4 Å². The van der Waals surface area contributed by atoms with Gasteiger partial charge in [0.15, 0.2) is 0 Å². The summed E-state index contributed by atoms with van der Waals surface area (Å²) in [5.74, 6) is -0.469. The van der Waals surface area contributed by atoms with Crippen LogP contribution in [0.3, 0.4) is 0 Å². The van der Waals surface area contributed by atoms with E-state index in [4.69, 9.17) is 5.73 Å². The molecule has 11 heavy (non-hydrogen) atoms.